The predicted molar refractivity (Wildman–Crippen MR) is 107 cm³/mol. The quantitative estimate of drug-likeness (QED) is 0.534. The third-order valence-electron chi connectivity index (χ3n) is 4.57. The number of ether oxygens (including phenoxy) is 2. The van der Waals surface area contributed by atoms with Crippen molar-refractivity contribution in [3.8, 4) is 5.75 Å². The Bertz CT molecular complexity index is 976. The second kappa shape index (κ2) is 9.41. The van der Waals surface area contributed by atoms with Gasteiger partial charge in [-0.1, -0.05) is 23.7 Å². The van der Waals surface area contributed by atoms with E-state index in [4.69, 9.17) is 21.1 Å². The van der Waals surface area contributed by atoms with Crippen LogP contribution in [0.2, 0.25) is 5.02 Å². The average Bonchev–Trinajstić information content (AvgIpc) is 3.12. The Morgan fingerprint density at radius 1 is 1.13 bits per heavy atom. The summed E-state index contributed by atoms with van der Waals surface area (Å²) in [7, 11) is 1.52. The fourth-order valence-corrected chi connectivity index (χ4v) is 3.14. The molecule has 30 heavy (non-hydrogen) atoms. The van der Waals surface area contributed by atoms with Gasteiger partial charge in [-0.2, -0.15) is 0 Å². The maximum Gasteiger partial charge on any atom is 0.311 e. The van der Waals surface area contributed by atoms with Crippen molar-refractivity contribution >= 4 is 35.2 Å². The molecule has 1 aliphatic rings. The first-order valence-electron chi connectivity index (χ1n) is 9.09. The largest absolute Gasteiger partial charge is 0.497 e. The number of carbonyl (C=O) groups excluding carboxylic acids is 4. The van der Waals surface area contributed by atoms with Gasteiger partial charge in [-0.05, 0) is 36.4 Å². The van der Waals surface area contributed by atoms with Crippen molar-refractivity contribution < 1.29 is 28.7 Å². The Kier molecular flexibility index (Phi) is 6.68. The van der Waals surface area contributed by atoms with Crippen molar-refractivity contribution in [1.29, 1.82) is 0 Å². The number of ketones is 1. The number of methoxy groups -OCH3 is 1. The second-order valence-electron chi connectivity index (χ2n) is 6.59. The normalized spacial score (nSPS) is 15.6. The highest BCUT2D eigenvalue weighted by atomic mass is 35.5. The van der Waals surface area contributed by atoms with Gasteiger partial charge in [0.1, 0.15) is 5.75 Å². The lowest BCUT2D eigenvalue weighted by Gasteiger charge is -2.18. The van der Waals surface area contributed by atoms with Gasteiger partial charge in [0.25, 0.3) is 5.91 Å². The number of halogens is 1. The number of Topliss-reactive ketones (excluding diaryl/α,β-unsaturated/α-hetero) is 1. The van der Waals surface area contributed by atoms with Crippen LogP contribution in [0.5, 0.6) is 5.75 Å². The fourth-order valence-electron chi connectivity index (χ4n) is 2.92. The molecule has 0 aromatic heterocycles. The van der Waals surface area contributed by atoms with Crippen LogP contribution >= 0.6 is 11.6 Å². The minimum atomic E-state index is -0.785. The van der Waals surface area contributed by atoms with Crippen molar-refractivity contribution in [2.24, 2.45) is 5.92 Å². The van der Waals surface area contributed by atoms with Crippen LogP contribution in [0.15, 0.2) is 48.5 Å². The van der Waals surface area contributed by atoms with Gasteiger partial charge in [0.2, 0.25) is 5.91 Å². The van der Waals surface area contributed by atoms with Crippen LogP contribution in [0.25, 0.3) is 0 Å². The molecule has 0 saturated carbocycles. The number of nitrogens with one attached hydrogen (secondary N) is 1. The molecule has 1 heterocycles. The van der Waals surface area contributed by atoms with Gasteiger partial charge in [-0.15, -0.1) is 0 Å². The van der Waals surface area contributed by atoms with E-state index in [1.54, 1.807) is 42.5 Å². The number of carbonyl (C=O) groups is 4. The van der Waals surface area contributed by atoms with E-state index in [1.165, 1.54) is 13.2 Å². The Morgan fingerprint density at radius 3 is 2.50 bits per heavy atom. The first-order chi connectivity index (χ1) is 14.4. The summed E-state index contributed by atoms with van der Waals surface area (Å²) in [6.45, 7) is -0.494. The Hall–Kier alpha value is -3.39. The van der Waals surface area contributed by atoms with E-state index in [0.717, 1.165) is 5.01 Å². The molecule has 1 atom stereocenters. The van der Waals surface area contributed by atoms with Gasteiger partial charge >= 0.3 is 5.97 Å². The number of rotatable bonds is 7. The summed E-state index contributed by atoms with van der Waals surface area (Å²) < 4.78 is 10.1. The molecular weight excluding hydrogens is 412 g/mol. The summed E-state index contributed by atoms with van der Waals surface area (Å²) in [6.07, 6.45) is -0.127. The summed E-state index contributed by atoms with van der Waals surface area (Å²) in [4.78, 5) is 48.9. The summed E-state index contributed by atoms with van der Waals surface area (Å²) in [6, 6.07) is 12.8. The summed E-state index contributed by atoms with van der Waals surface area (Å²) in [5, 5.41) is 1.30. The van der Waals surface area contributed by atoms with E-state index in [1.807, 2.05) is 0 Å². The zero-order valence-corrected chi connectivity index (χ0v) is 16.8. The van der Waals surface area contributed by atoms with Crippen molar-refractivity contribution in [2.75, 3.05) is 20.3 Å². The standard InChI is InChI=1S/C21H19ClN2O6/c1-29-15-8-6-13(7-9-15)18(25)12-30-21(28)14-10-19(26)24(11-14)23-20(27)16-4-2-3-5-17(16)22/h2-9,14H,10-12H2,1H3,(H,23,27)/t14-/m0/s1. The number of amides is 2. The zero-order valence-electron chi connectivity index (χ0n) is 16.1. The van der Waals surface area contributed by atoms with E-state index in [2.05, 4.69) is 5.43 Å². The van der Waals surface area contributed by atoms with Crippen molar-refractivity contribution in [3.05, 3.63) is 64.7 Å². The average molecular weight is 431 g/mol. The number of hydrazine groups is 1. The molecule has 9 heteroatoms. The third-order valence-corrected chi connectivity index (χ3v) is 4.90. The molecule has 0 spiro atoms. The van der Waals surface area contributed by atoms with E-state index >= 15 is 0 Å². The van der Waals surface area contributed by atoms with Crippen molar-refractivity contribution in [1.82, 2.24) is 10.4 Å². The van der Waals surface area contributed by atoms with Gasteiger partial charge < -0.3 is 9.47 Å². The smallest absolute Gasteiger partial charge is 0.311 e. The Labute approximate surface area is 177 Å². The SMILES string of the molecule is COc1ccc(C(=O)COC(=O)[C@H]2CC(=O)N(NC(=O)c3ccccc3Cl)C2)cc1. The molecule has 1 aliphatic heterocycles. The van der Waals surface area contributed by atoms with Crippen LogP contribution in [0, 0.1) is 5.92 Å². The predicted octanol–water partition coefficient (Wildman–Crippen LogP) is 2.27. The van der Waals surface area contributed by atoms with Gasteiger partial charge in [0.05, 0.1) is 30.2 Å². The molecule has 3 rings (SSSR count). The summed E-state index contributed by atoms with van der Waals surface area (Å²) in [5.74, 6) is -2.23. The molecule has 0 unspecified atom stereocenters. The maximum atomic E-state index is 12.3. The van der Waals surface area contributed by atoms with Crippen LogP contribution in [0.4, 0.5) is 0 Å². The number of hydrogen-bond donors (Lipinski definition) is 1. The minimum Gasteiger partial charge on any atom is -0.497 e. The lowest BCUT2D eigenvalue weighted by molar-refractivity contribution is -0.147. The van der Waals surface area contributed by atoms with Crippen LogP contribution in [-0.2, 0) is 14.3 Å². The molecule has 1 N–H and O–H groups in total. The number of nitrogens with zero attached hydrogens (tertiary/aromatic N) is 1. The van der Waals surface area contributed by atoms with Gasteiger partial charge in [-0.3, -0.25) is 29.6 Å². The first-order valence-corrected chi connectivity index (χ1v) is 9.46. The molecule has 2 aromatic rings. The van der Waals surface area contributed by atoms with Gasteiger partial charge in [0, 0.05) is 12.0 Å². The minimum absolute atomic E-state index is 0.0510. The molecule has 1 fully saturated rings. The van der Waals surface area contributed by atoms with Gasteiger partial charge in [-0.25, -0.2) is 0 Å². The molecule has 0 bridgehead atoms. The zero-order chi connectivity index (χ0) is 21.7. The molecule has 2 aromatic carbocycles. The van der Waals surface area contributed by atoms with E-state index in [-0.39, 0.29) is 29.3 Å². The lowest BCUT2D eigenvalue weighted by Crippen LogP contribution is -2.43. The molecular formula is C21H19ClN2O6. The van der Waals surface area contributed by atoms with Gasteiger partial charge in [0.15, 0.2) is 12.4 Å². The molecule has 156 valence electrons. The maximum absolute atomic E-state index is 12.3. The van der Waals surface area contributed by atoms with Crippen LogP contribution in [0.1, 0.15) is 27.1 Å². The monoisotopic (exact) mass is 430 g/mol. The lowest BCUT2D eigenvalue weighted by atomic mass is 10.1. The number of hydrogen-bond acceptors (Lipinski definition) is 6. The van der Waals surface area contributed by atoms with E-state index in [9.17, 15) is 19.2 Å². The first kappa shape index (κ1) is 21.3. The highest BCUT2D eigenvalue weighted by Gasteiger charge is 2.37. The summed E-state index contributed by atoms with van der Waals surface area (Å²) in [5.41, 5.74) is 3.03. The van der Waals surface area contributed by atoms with Crippen molar-refractivity contribution in [3.63, 3.8) is 0 Å². The fraction of sp³-hybridized carbons (Fsp3) is 0.238. The van der Waals surface area contributed by atoms with Crippen LogP contribution < -0.4 is 10.2 Å². The molecule has 0 aliphatic carbocycles. The summed E-state index contributed by atoms with van der Waals surface area (Å²) >= 11 is 5.98. The topological polar surface area (TPSA) is 102 Å². The Balaban J connectivity index is 1.52. The van der Waals surface area contributed by atoms with Crippen molar-refractivity contribution in [2.45, 2.75) is 6.42 Å². The number of esters is 1. The van der Waals surface area contributed by atoms with E-state index < -0.39 is 30.3 Å². The highest BCUT2D eigenvalue weighted by molar-refractivity contribution is 6.33. The Morgan fingerprint density at radius 2 is 1.83 bits per heavy atom. The highest BCUT2D eigenvalue weighted by Crippen LogP contribution is 2.20. The molecule has 0 radical (unpaired) electrons. The van der Waals surface area contributed by atoms with Crippen LogP contribution in [0.3, 0.4) is 0 Å². The molecule has 1 saturated heterocycles. The van der Waals surface area contributed by atoms with Crippen LogP contribution in [-0.4, -0.2) is 48.8 Å². The third kappa shape index (κ3) is 4.96. The molecule has 2 amide bonds. The molecule has 8 nitrogen and oxygen atoms in total. The second-order valence-corrected chi connectivity index (χ2v) is 6.99. The van der Waals surface area contributed by atoms with E-state index in [0.29, 0.717) is 11.3 Å². The number of benzene rings is 2.